The van der Waals surface area contributed by atoms with Crippen molar-refractivity contribution in [2.24, 2.45) is 5.73 Å². The molecule has 5 nitrogen and oxygen atoms in total. The molecule has 17 heavy (non-hydrogen) atoms. The van der Waals surface area contributed by atoms with Crippen LogP contribution in [0.15, 0.2) is 12.7 Å². The Morgan fingerprint density at radius 3 is 2.71 bits per heavy atom. The van der Waals surface area contributed by atoms with Crippen LogP contribution in [0.5, 0.6) is 0 Å². The summed E-state index contributed by atoms with van der Waals surface area (Å²) in [6.07, 6.45) is 2.37. The van der Waals surface area contributed by atoms with Gasteiger partial charge in [-0.3, -0.25) is 4.79 Å². The molecule has 1 aliphatic rings. The maximum Gasteiger partial charge on any atom is 0.224 e. The fraction of sp³-hybridized carbons (Fsp3) is 0.727. The van der Waals surface area contributed by atoms with Gasteiger partial charge in [-0.25, -0.2) is 8.42 Å². The lowest BCUT2D eigenvalue weighted by Gasteiger charge is -2.27. The molecule has 0 aromatic carbocycles. The van der Waals surface area contributed by atoms with Crippen LogP contribution in [0.1, 0.15) is 19.8 Å². The van der Waals surface area contributed by atoms with Gasteiger partial charge in [-0.2, -0.15) is 0 Å². The van der Waals surface area contributed by atoms with Gasteiger partial charge in [-0.1, -0.05) is 6.08 Å². The highest BCUT2D eigenvalue weighted by molar-refractivity contribution is 7.91. The second kappa shape index (κ2) is 5.64. The first-order chi connectivity index (χ1) is 7.85. The van der Waals surface area contributed by atoms with Gasteiger partial charge < -0.3 is 10.6 Å². The predicted octanol–water partition coefficient (Wildman–Crippen LogP) is -0.0746. The van der Waals surface area contributed by atoms with E-state index in [4.69, 9.17) is 5.73 Å². The highest BCUT2D eigenvalue weighted by atomic mass is 32.2. The summed E-state index contributed by atoms with van der Waals surface area (Å²) in [7, 11) is -2.98. The lowest BCUT2D eigenvalue weighted by atomic mass is 10.1. The zero-order valence-electron chi connectivity index (χ0n) is 10.1. The van der Waals surface area contributed by atoms with Crippen LogP contribution < -0.4 is 5.73 Å². The van der Waals surface area contributed by atoms with Crippen LogP contribution in [0, 0.1) is 0 Å². The summed E-state index contributed by atoms with van der Waals surface area (Å²) in [6, 6.07) is -0.433. The first-order valence-electron chi connectivity index (χ1n) is 5.72. The summed E-state index contributed by atoms with van der Waals surface area (Å²) < 4.78 is 22.8. The summed E-state index contributed by atoms with van der Waals surface area (Å²) in [4.78, 5) is 13.5. The summed E-state index contributed by atoms with van der Waals surface area (Å²) in [5.41, 5.74) is 5.59. The normalized spacial score (nSPS) is 24.2. The Hall–Kier alpha value is -0.880. The third kappa shape index (κ3) is 4.12. The smallest absolute Gasteiger partial charge is 0.224 e. The van der Waals surface area contributed by atoms with Gasteiger partial charge in [0.1, 0.15) is 0 Å². The molecular formula is C11H20N2O3S. The molecule has 1 aliphatic heterocycles. The monoisotopic (exact) mass is 260 g/mol. The van der Waals surface area contributed by atoms with Gasteiger partial charge in [-0.05, 0) is 13.3 Å². The zero-order valence-corrected chi connectivity index (χ0v) is 10.9. The third-order valence-corrected chi connectivity index (χ3v) is 4.54. The number of amides is 1. The number of hydrogen-bond acceptors (Lipinski definition) is 4. The molecule has 0 aliphatic carbocycles. The fourth-order valence-electron chi connectivity index (χ4n) is 2.01. The van der Waals surface area contributed by atoms with E-state index in [0.29, 0.717) is 13.0 Å². The number of nitrogens with two attached hydrogens (primary N) is 1. The maximum atomic E-state index is 11.9. The molecule has 1 saturated heterocycles. The number of rotatable bonds is 5. The second-order valence-corrected chi connectivity index (χ2v) is 6.80. The summed E-state index contributed by atoms with van der Waals surface area (Å²) in [5, 5.41) is 0. The van der Waals surface area contributed by atoms with Gasteiger partial charge >= 0.3 is 0 Å². The average Bonchev–Trinajstić information content (AvgIpc) is 2.53. The van der Waals surface area contributed by atoms with Crippen LogP contribution in [0.4, 0.5) is 0 Å². The molecule has 0 aromatic rings. The van der Waals surface area contributed by atoms with Crippen LogP contribution in [0.25, 0.3) is 0 Å². The van der Waals surface area contributed by atoms with E-state index in [1.54, 1.807) is 17.9 Å². The summed E-state index contributed by atoms with van der Waals surface area (Å²) in [6.45, 7) is 5.74. The molecule has 6 heteroatoms. The molecule has 2 unspecified atom stereocenters. The Morgan fingerprint density at radius 2 is 2.29 bits per heavy atom. The fourth-order valence-corrected chi connectivity index (χ4v) is 3.74. The number of carbonyl (C=O) groups is 1. The molecule has 0 spiro atoms. The Bertz CT molecular complexity index is 390. The molecule has 0 radical (unpaired) electrons. The van der Waals surface area contributed by atoms with E-state index in [1.807, 2.05) is 0 Å². The minimum absolute atomic E-state index is 0.0610. The van der Waals surface area contributed by atoms with Crippen molar-refractivity contribution in [2.75, 3.05) is 18.1 Å². The number of sulfone groups is 1. The molecule has 2 atom stereocenters. The van der Waals surface area contributed by atoms with Gasteiger partial charge in [-0.15, -0.1) is 6.58 Å². The van der Waals surface area contributed by atoms with E-state index in [9.17, 15) is 13.2 Å². The van der Waals surface area contributed by atoms with E-state index in [1.165, 1.54) is 0 Å². The van der Waals surface area contributed by atoms with Gasteiger partial charge in [0.2, 0.25) is 5.91 Å². The van der Waals surface area contributed by atoms with E-state index in [0.717, 1.165) is 0 Å². The Morgan fingerprint density at radius 1 is 1.65 bits per heavy atom. The van der Waals surface area contributed by atoms with Crippen LogP contribution in [-0.2, 0) is 14.6 Å². The predicted molar refractivity (Wildman–Crippen MR) is 67.2 cm³/mol. The number of nitrogens with zero attached hydrogens (tertiary/aromatic N) is 1. The van der Waals surface area contributed by atoms with Crippen LogP contribution in [0.3, 0.4) is 0 Å². The van der Waals surface area contributed by atoms with E-state index in [2.05, 4.69) is 6.58 Å². The molecule has 1 fully saturated rings. The molecule has 1 rings (SSSR count). The lowest BCUT2D eigenvalue weighted by molar-refractivity contribution is -0.132. The van der Waals surface area contributed by atoms with Gasteiger partial charge in [0.25, 0.3) is 0 Å². The van der Waals surface area contributed by atoms with Crippen molar-refractivity contribution in [2.45, 2.75) is 31.8 Å². The van der Waals surface area contributed by atoms with Gasteiger partial charge in [0, 0.05) is 25.0 Å². The molecule has 1 heterocycles. The highest BCUT2D eigenvalue weighted by Gasteiger charge is 2.34. The summed E-state index contributed by atoms with van der Waals surface area (Å²) >= 11 is 0. The zero-order chi connectivity index (χ0) is 13.1. The second-order valence-electron chi connectivity index (χ2n) is 4.57. The van der Waals surface area contributed by atoms with Crippen molar-refractivity contribution in [3.8, 4) is 0 Å². The molecule has 0 aromatic heterocycles. The molecule has 1 amide bonds. The molecular weight excluding hydrogens is 240 g/mol. The Balaban J connectivity index is 2.72. The molecule has 98 valence electrons. The first kappa shape index (κ1) is 14.2. The van der Waals surface area contributed by atoms with Crippen molar-refractivity contribution >= 4 is 15.7 Å². The molecule has 2 N–H and O–H groups in total. The van der Waals surface area contributed by atoms with Crippen LogP contribution in [-0.4, -0.2) is 49.4 Å². The van der Waals surface area contributed by atoms with Crippen molar-refractivity contribution < 1.29 is 13.2 Å². The quantitative estimate of drug-likeness (QED) is 0.701. The van der Waals surface area contributed by atoms with Crippen molar-refractivity contribution in [1.29, 1.82) is 0 Å². The van der Waals surface area contributed by atoms with Crippen molar-refractivity contribution in [3.05, 3.63) is 12.7 Å². The van der Waals surface area contributed by atoms with Crippen molar-refractivity contribution in [3.63, 3.8) is 0 Å². The van der Waals surface area contributed by atoms with E-state index < -0.39 is 9.84 Å². The van der Waals surface area contributed by atoms with Crippen LogP contribution in [0.2, 0.25) is 0 Å². The first-order valence-corrected chi connectivity index (χ1v) is 7.54. The minimum Gasteiger partial charge on any atom is -0.335 e. The topological polar surface area (TPSA) is 80.5 Å². The summed E-state index contributed by atoms with van der Waals surface area (Å²) in [5.74, 6) is 0.129. The Kier molecular flexibility index (Phi) is 4.70. The van der Waals surface area contributed by atoms with E-state index >= 15 is 0 Å². The highest BCUT2D eigenvalue weighted by Crippen LogP contribution is 2.18. The SMILES string of the molecule is C=CCN(C(=O)CC(C)N)C1CCS(=O)(=O)C1. The maximum absolute atomic E-state index is 11.9. The van der Waals surface area contributed by atoms with Gasteiger partial charge in [0.05, 0.1) is 11.5 Å². The number of carbonyl (C=O) groups excluding carboxylic acids is 1. The number of hydrogen-bond donors (Lipinski definition) is 1. The average molecular weight is 260 g/mol. The van der Waals surface area contributed by atoms with Crippen LogP contribution >= 0.6 is 0 Å². The third-order valence-electron chi connectivity index (χ3n) is 2.79. The largest absolute Gasteiger partial charge is 0.335 e. The Labute approximate surface area is 103 Å². The van der Waals surface area contributed by atoms with E-state index in [-0.39, 0.29) is 35.9 Å². The minimum atomic E-state index is -2.98. The standard InChI is InChI=1S/C11H20N2O3S/c1-3-5-13(11(14)7-9(2)12)10-4-6-17(15,16)8-10/h3,9-10H,1,4-8,12H2,2H3. The van der Waals surface area contributed by atoms with Crippen molar-refractivity contribution in [1.82, 2.24) is 4.90 Å². The lowest BCUT2D eigenvalue weighted by Crippen LogP contribution is -2.43. The molecule has 0 saturated carbocycles. The molecule has 0 bridgehead atoms. The van der Waals surface area contributed by atoms with Gasteiger partial charge in [0.15, 0.2) is 9.84 Å².